The number of carbonyl (C=O) groups excluding carboxylic acids is 1. The molecule has 4 N–H and O–H groups in total. The Morgan fingerprint density at radius 3 is 2.79 bits per heavy atom. The molecule has 0 saturated carbocycles. The Bertz CT molecular complexity index is 1170. The van der Waals surface area contributed by atoms with Crippen molar-refractivity contribution in [1.29, 1.82) is 0 Å². The fraction of sp³-hybridized carbons (Fsp3) is 0.0500. The summed E-state index contributed by atoms with van der Waals surface area (Å²) in [6.07, 6.45) is 5.08. The second-order valence-corrected chi connectivity index (χ2v) is 6.04. The van der Waals surface area contributed by atoms with Crippen LogP contribution in [0.3, 0.4) is 0 Å². The molecule has 0 aliphatic carbocycles. The Hall–Kier alpha value is -4.27. The summed E-state index contributed by atoms with van der Waals surface area (Å²) in [6, 6.07) is 12.7. The van der Waals surface area contributed by atoms with E-state index in [1.165, 1.54) is 0 Å². The lowest BCUT2D eigenvalue weighted by molar-refractivity contribution is -0.122. The average Bonchev–Trinajstić information content (AvgIpc) is 3.10. The number of amides is 1. The summed E-state index contributed by atoms with van der Waals surface area (Å²) in [4.78, 5) is 29.4. The lowest BCUT2D eigenvalue weighted by atomic mass is 10.1. The molecule has 0 spiro atoms. The number of nitrogens with zero attached hydrogens (tertiary/aromatic N) is 4. The molecule has 3 heterocycles. The van der Waals surface area contributed by atoms with Crippen LogP contribution < -0.4 is 11.1 Å². The number of aryl methyl sites for hydroxylation is 1. The van der Waals surface area contributed by atoms with Gasteiger partial charge in [0.25, 0.3) is 12.4 Å². The van der Waals surface area contributed by atoms with E-state index in [0.717, 1.165) is 16.6 Å². The summed E-state index contributed by atoms with van der Waals surface area (Å²) in [5.41, 5.74) is 9.52. The highest BCUT2D eigenvalue weighted by Crippen LogP contribution is 2.21. The lowest BCUT2D eigenvalue weighted by Crippen LogP contribution is -2.11. The van der Waals surface area contributed by atoms with Gasteiger partial charge < -0.3 is 16.2 Å². The molecule has 4 aromatic rings. The first kappa shape index (κ1) is 19.5. The maximum Gasteiger partial charge on any atom is 0.290 e. The molecule has 0 saturated heterocycles. The SMILES string of the molecule is Cc1ccn2ncc(NC(=O)c3cccc(-c4nccc(N)n4)c3)c2c1.O=CO. The van der Waals surface area contributed by atoms with E-state index in [2.05, 4.69) is 20.4 Å². The van der Waals surface area contributed by atoms with Gasteiger partial charge in [-0.1, -0.05) is 12.1 Å². The van der Waals surface area contributed by atoms with Crippen molar-refractivity contribution in [3.63, 3.8) is 0 Å². The number of aromatic nitrogens is 4. The van der Waals surface area contributed by atoms with Gasteiger partial charge in [0, 0.05) is 23.5 Å². The molecule has 0 unspecified atom stereocenters. The van der Waals surface area contributed by atoms with Crippen LogP contribution in [0.25, 0.3) is 16.9 Å². The molecule has 0 radical (unpaired) electrons. The molecular formula is C20H18N6O3. The fourth-order valence-corrected chi connectivity index (χ4v) is 2.69. The maximum atomic E-state index is 12.7. The van der Waals surface area contributed by atoms with E-state index in [9.17, 15) is 4.79 Å². The van der Waals surface area contributed by atoms with E-state index in [1.54, 1.807) is 41.2 Å². The Morgan fingerprint density at radius 2 is 2.03 bits per heavy atom. The van der Waals surface area contributed by atoms with Crippen LogP contribution in [0.2, 0.25) is 0 Å². The van der Waals surface area contributed by atoms with E-state index in [4.69, 9.17) is 15.6 Å². The molecule has 9 nitrogen and oxygen atoms in total. The van der Waals surface area contributed by atoms with Gasteiger partial charge in [-0.2, -0.15) is 5.10 Å². The summed E-state index contributed by atoms with van der Waals surface area (Å²) in [6.45, 7) is 1.74. The van der Waals surface area contributed by atoms with Gasteiger partial charge in [-0.15, -0.1) is 0 Å². The number of carboxylic acid groups (broad SMARTS) is 1. The molecule has 29 heavy (non-hydrogen) atoms. The van der Waals surface area contributed by atoms with Gasteiger partial charge in [0.2, 0.25) is 0 Å². The highest BCUT2D eigenvalue weighted by molar-refractivity contribution is 6.06. The van der Waals surface area contributed by atoms with Crippen LogP contribution in [0.1, 0.15) is 15.9 Å². The van der Waals surface area contributed by atoms with E-state index in [-0.39, 0.29) is 12.4 Å². The van der Waals surface area contributed by atoms with Crippen molar-refractivity contribution >= 4 is 29.4 Å². The number of pyridine rings is 1. The van der Waals surface area contributed by atoms with Crippen LogP contribution >= 0.6 is 0 Å². The summed E-state index contributed by atoms with van der Waals surface area (Å²) in [5, 5.41) is 14.0. The summed E-state index contributed by atoms with van der Waals surface area (Å²) in [5.74, 6) is 0.630. The fourth-order valence-electron chi connectivity index (χ4n) is 2.69. The molecule has 0 bridgehead atoms. The van der Waals surface area contributed by atoms with Crippen molar-refractivity contribution in [1.82, 2.24) is 19.6 Å². The number of carbonyl (C=O) groups is 2. The number of nitrogens with one attached hydrogen (secondary N) is 1. The minimum Gasteiger partial charge on any atom is -0.483 e. The Balaban J connectivity index is 0.000000755. The molecular weight excluding hydrogens is 372 g/mol. The predicted molar refractivity (Wildman–Crippen MR) is 108 cm³/mol. The van der Waals surface area contributed by atoms with Crippen molar-refractivity contribution in [2.75, 3.05) is 11.1 Å². The second-order valence-electron chi connectivity index (χ2n) is 6.04. The number of fused-ring (bicyclic) bond motifs is 1. The summed E-state index contributed by atoms with van der Waals surface area (Å²) < 4.78 is 1.72. The average molecular weight is 390 g/mol. The zero-order valence-corrected chi connectivity index (χ0v) is 15.5. The van der Waals surface area contributed by atoms with Gasteiger partial charge >= 0.3 is 0 Å². The highest BCUT2D eigenvalue weighted by atomic mass is 16.3. The maximum absolute atomic E-state index is 12.7. The van der Waals surface area contributed by atoms with Gasteiger partial charge in [-0.05, 0) is 42.8 Å². The molecule has 146 valence electrons. The van der Waals surface area contributed by atoms with E-state index < -0.39 is 0 Å². The van der Waals surface area contributed by atoms with Gasteiger partial charge in [-0.3, -0.25) is 9.59 Å². The lowest BCUT2D eigenvalue weighted by Gasteiger charge is -2.06. The third kappa shape index (κ3) is 4.53. The minimum atomic E-state index is -0.250. The van der Waals surface area contributed by atoms with Crippen LogP contribution in [0.15, 0.2) is 61.1 Å². The third-order valence-corrected chi connectivity index (χ3v) is 3.99. The number of anilines is 2. The van der Waals surface area contributed by atoms with E-state index in [0.29, 0.717) is 22.9 Å². The van der Waals surface area contributed by atoms with Crippen LogP contribution in [-0.4, -0.2) is 37.1 Å². The molecule has 1 aromatic carbocycles. The molecule has 0 fully saturated rings. The molecule has 1 amide bonds. The first-order chi connectivity index (χ1) is 14.0. The van der Waals surface area contributed by atoms with Crippen LogP contribution in [0.5, 0.6) is 0 Å². The van der Waals surface area contributed by atoms with Gasteiger partial charge in [-0.25, -0.2) is 14.5 Å². The van der Waals surface area contributed by atoms with E-state index >= 15 is 0 Å². The third-order valence-electron chi connectivity index (χ3n) is 3.99. The first-order valence-corrected chi connectivity index (χ1v) is 8.54. The van der Waals surface area contributed by atoms with Gasteiger partial charge in [0.05, 0.1) is 17.4 Å². The van der Waals surface area contributed by atoms with Crippen molar-refractivity contribution in [2.24, 2.45) is 0 Å². The van der Waals surface area contributed by atoms with Crippen molar-refractivity contribution in [3.05, 3.63) is 72.2 Å². The zero-order chi connectivity index (χ0) is 20.8. The molecule has 3 aromatic heterocycles. The van der Waals surface area contributed by atoms with Crippen LogP contribution in [0.4, 0.5) is 11.5 Å². The van der Waals surface area contributed by atoms with Gasteiger partial charge in [0.1, 0.15) is 5.82 Å². The number of benzene rings is 1. The molecule has 9 heteroatoms. The number of hydrogen-bond acceptors (Lipinski definition) is 6. The monoisotopic (exact) mass is 390 g/mol. The van der Waals surface area contributed by atoms with Crippen LogP contribution in [-0.2, 0) is 4.79 Å². The summed E-state index contributed by atoms with van der Waals surface area (Å²) in [7, 11) is 0. The minimum absolute atomic E-state index is 0.229. The van der Waals surface area contributed by atoms with Crippen molar-refractivity contribution in [2.45, 2.75) is 6.92 Å². The Kier molecular flexibility index (Phi) is 5.79. The Morgan fingerprint density at radius 1 is 1.24 bits per heavy atom. The quantitative estimate of drug-likeness (QED) is 0.458. The zero-order valence-electron chi connectivity index (χ0n) is 15.5. The second kappa shape index (κ2) is 8.61. The number of hydrogen-bond donors (Lipinski definition) is 3. The van der Waals surface area contributed by atoms with Gasteiger partial charge in [0.15, 0.2) is 5.82 Å². The summed E-state index contributed by atoms with van der Waals surface area (Å²) >= 11 is 0. The first-order valence-electron chi connectivity index (χ1n) is 8.54. The standard InChI is InChI=1S/C19H16N6O.CH2O2/c1-12-6-8-25-16(9-12)15(11-22-25)23-19(26)14-4-2-3-13(10-14)18-21-7-5-17(20)24-18;2-1-3/h2-11H,1H3,(H,23,26)(H2,20,21,24);1H,(H,2,3). The number of nitrogen functional groups attached to an aromatic ring is 1. The van der Waals surface area contributed by atoms with Crippen LogP contribution in [0, 0.1) is 6.92 Å². The Labute approximate surface area is 165 Å². The topological polar surface area (TPSA) is 136 Å². The highest BCUT2D eigenvalue weighted by Gasteiger charge is 2.12. The van der Waals surface area contributed by atoms with Crippen molar-refractivity contribution < 1.29 is 14.7 Å². The number of rotatable bonds is 3. The normalized spacial score (nSPS) is 10.1. The molecule has 0 atom stereocenters. The predicted octanol–water partition coefficient (Wildman–Crippen LogP) is 2.64. The molecule has 0 aliphatic heterocycles. The largest absolute Gasteiger partial charge is 0.483 e. The van der Waals surface area contributed by atoms with E-state index in [1.807, 2.05) is 31.3 Å². The van der Waals surface area contributed by atoms with Crippen molar-refractivity contribution in [3.8, 4) is 11.4 Å². The smallest absolute Gasteiger partial charge is 0.290 e. The molecule has 0 aliphatic rings. The molecule has 4 rings (SSSR count). The number of nitrogens with two attached hydrogens (primary N) is 1.